The van der Waals surface area contributed by atoms with Crippen LogP contribution in [0.1, 0.15) is 45.4 Å². The molecule has 2 aromatic heterocycles. The quantitative estimate of drug-likeness (QED) is 0.736. The van der Waals surface area contributed by atoms with E-state index in [0.717, 1.165) is 19.4 Å². The molecule has 0 saturated carbocycles. The minimum atomic E-state index is -0.314. The van der Waals surface area contributed by atoms with Gasteiger partial charge >= 0.3 is 0 Å². The summed E-state index contributed by atoms with van der Waals surface area (Å²) in [7, 11) is 0. The van der Waals surface area contributed by atoms with Gasteiger partial charge < -0.3 is 14.6 Å². The van der Waals surface area contributed by atoms with Crippen molar-refractivity contribution in [2.24, 2.45) is 0 Å². The first kappa shape index (κ1) is 16.6. The SMILES string of the molecule is O=C(Nc1ccc(C(=O)N2CCC[C@@H]2c2ccsc2)cc1)c1ccco1. The number of anilines is 1. The third kappa shape index (κ3) is 3.28. The highest BCUT2D eigenvalue weighted by Crippen LogP contribution is 2.34. The van der Waals surface area contributed by atoms with E-state index in [9.17, 15) is 9.59 Å². The summed E-state index contributed by atoms with van der Waals surface area (Å²) in [5.74, 6) is -0.0328. The Bertz CT molecular complexity index is 886. The summed E-state index contributed by atoms with van der Waals surface area (Å²) in [5, 5.41) is 6.92. The molecule has 26 heavy (non-hydrogen) atoms. The molecule has 4 rings (SSSR count). The number of carbonyl (C=O) groups is 2. The molecule has 0 aliphatic carbocycles. The van der Waals surface area contributed by atoms with Crippen molar-refractivity contribution >= 4 is 28.8 Å². The molecule has 1 saturated heterocycles. The van der Waals surface area contributed by atoms with Crippen molar-refractivity contribution in [2.45, 2.75) is 18.9 Å². The molecule has 1 fully saturated rings. The zero-order chi connectivity index (χ0) is 17.9. The minimum absolute atomic E-state index is 0.0302. The summed E-state index contributed by atoms with van der Waals surface area (Å²) in [5.41, 5.74) is 2.46. The molecular formula is C20H18N2O3S. The minimum Gasteiger partial charge on any atom is -0.459 e. The van der Waals surface area contributed by atoms with Crippen LogP contribution in [0.25, 0.3) is 0 Å². The maximum absolute atomic E-state index is 12.9. The fourth-order valence-corrected chi connectivity index (χ4v) is 3.99. The van der Waals surface area contributed by atoms with Crippen LogP contribution in [0.3, 0.4) is 0 Å². The largest absolute Gasteiger partial charge is 0.459 e. The second-order valence-corrected chi connectivity index (χ2v) is 7.00. The van der Waals surface area contributed by atoms with Gasteiger partial charge in [0, 0.05) is 17.8 Å². The zero-order valence-corrected chi connectivity index (χ0v) is 14.9. The average molecular weight is 366 g/mol. The molecule has 2 amide bonds. The van der Waals surface area contributed by atoms with Crippen LogP contribution in [0.5, 0.6) is 0 Å². The Labute approximate surface area is 155 Å². The molecule has 5 nitrogen and oxygen atoms in total. The van der Waals surface area contributed by atoms with Gasteiger partial charge in [0.05, 0.1) is 12.3 Å². The van der Waals surface area contributed by atoms with Crippen LogP contribution >= 0.6 is 11.3 Å². The van der Waals surface area contributed by atoms with E-state index < -0.39 is 0 Å². The lowest BCUT2D eigenvalue weighted by Gasteiger charge is -2.24. The van der Waals surface area contributed by atoms with Gasteiger partial charge in [-0.3, -0.25) is 9.59 Å². The number of nitrogens with zero attached hydrogens (tertiary/aromatic N) is 1. The third-order valence-electron chi connectivity index (χ3n) is 4.58. The Morgan fingerprint density at radius 3 is 2.69 bits per heavy atom. The molecule has 1 aliphatic rings. The normalized spacial score (nSPS) is 16.6. The van der Waals surface area contributed by atoms with Crippen LogP contribution in [0.2, 0.25) is 0 Å². The van der Waals surface area contributed by atoms with Gasteiger partial charge in [-0.2, -0.15) is 11.3 Å². The summed E-state index contributed by atoms with van der Waals surface area (Å²) < 4.78 is 5.07. The van der Waals surface area contributed by atoms with Crippen LogP contribution < -0.4 is 5.32 Å². The van der Waals surface area contributed by atoms with Crippen molar-refractivity contribution < 1.29 is 14.0 Å². The van der Waals surface area contributed by atoms with E-state index in [-0.39, 0.29) is 23.6 Å². The third-order valence-corrected chi connectivity index (χ3v) is 5.28. The molecular weight excluding hydrogens is 348 g/mol. The lowest BCUT2D eigenvalue weighted by molar-refractivity contribution is 0.0736. The van der Waals surface area contributed by atoms with Crippen molar-refractivity contribution in [3.8, 4) is 0 Å². The predicted molar refractivity (Wildman–Crippen MR) is 100 cm³/mol. The molecule has 1 aliphatic heterocycles. The van der Waals surface area contributed by atoms with Crippen LogP contribution in [0.15, 0.2) is 63.9 Å². The molecule has 3 heterocycles. The highest BCUT2D eigenvalue weighted by Gasteiger charge is 2.30. The maximum Gasteiger partial charge on any atom is 0.291 e. The second kappa shape index (κ2) is 7.17. The fourth-order valence-electron chi connectivity index (χ4n) is 3.28. The fraction of sp³-hybridized carbons (Fsp3) is 0.200. The van der Waals surface area contributed by atoms with Crippen LogP contribution in [0.4, 0.5) is 5.69 Å². The molecule has 3 aromatic rings. The predicted octanol–water partition coefficient (Wildman–Crippen LogP) is 4.57. The Balaban J connectivity index is 1.46. The Hall–Kier alpha value is -2.86. The number of likely N-dealkylation sites (tertiary alicyclic amines) is 1. The van der Waals surface area contributed by atoms with Crippen molar-refractivity contribution in [3.63, 3.8) is 0 Å². The zero-order valence-electron chi connectivity index (χ0n) is 14.1. The van der Waals surface area contributed by atoms with Crippen molar-refractivity contribution in [1.82, 2.24) is 4.90 Å². The maximum atomic E-state index is 12.9. The van der Waals surface area contributed by atoms with E-state index in [1.165, 1.54) is 11.8 Å². The van der Waals surface area contributed by atoms with E-state index in [4.69, 9.17) is 4.42 Å². The smallest absolute Gasteiger partial charge is 0.291 e. The number of rotatable bonds is 4. The first-order valence-corrected chi connectivity index (χ1v) is 9.44. The highest BCUT2D eigenvalue weighted by molar-refractivity contribution is 7.08. The van der Waals surface area contributed by atoms with Crippen LogP contribution in [-0.2, 0) is 0 Å². The van der Waals surface area contributed by atoms with Crippen molar-refractivity contribution in [3.05, 3.63) is 76.4 Å². The first-order chi connectivity index (χ1) is 12.7. The molecule has 132 valence electrons. The van der Waals surface area contributed by atoms with E-state index in [1.807, 2.05) is 10.3 Å². The van der Waals surface area contributed by atoms with Gasteiger partial charge in [0.15, 0.2) is 5.76 Å². The summed E-state index contributed by atoms with van der Waals surface area (Å²) in [6, 6.07) is 12.5. The van der Waals surface area contributed by atoms with E-state index in [0.29, 0.717) is 11.3 Å². The number of benzene rings is 1. The highest BCUT2D eigenvalue weighted by atomic mass is 32.1. The Kier molecular flexibility index (Phi) is 4.58. The lowest BCUT2D eigenvalue weighted by Crippen LogP contribution is -2.30. The van der Waals surface area contributed by atoms with Gasteiger partial charge in [-0.15, -0.1) is 0 Å². The van der Waals surface area contributed by atoms with E-state index in [1.54, 1.807) is 47.7 Å². The van der Waals surface area contributed by atoms with Crippen molar-refractivity contribution in [2.75, 3.05) is 11.9 Å². The topological polar surface area (TPSA) is 62.6 Å². The van der Waals surface area contributed by atoms with Gasteiger partial charge in [0.1, 0.15) is 0 Å². The molecule has 1 N–H and O–H groups in total. The number of hydrogen-bond acceptors (Lipinski definition) is 4. The number of furan rings is 1. The van der Waals surface area contributed by atoms with Gasteiger partial charge in [-0.05, 0) is 71.6 Å². The number of carbonyl (C=O) groups excluding carboxylic acids is 2. The molecule has 6 heteroatoms. The molecule has 1 atom stereocenters. The second-order valence-electron chi connectivity index (χ2n) is 6.22. The Morgan fingerprint density at radius 2 is 2.00 bits per heavy atom. The van der Waals surface area contributed by atoms with Gasteiger partial charge in [-0.25, -0.2) is 0 Å². The monoisotopic (exact) mass is 366 g/mol. The van der Waals surface area contributed by atoms with Crippen LogP contribution in [-0.4, -0.2) is 23.3 Å². The lowest BCUT2D eigenvalue weighted by atomic mass is 10.1. The summed E-state index contributed by atoms with van der Waals surface area (Å²) >= 11 is 1.66. The molecule has 1 aromatic carbocycles. The van der Waals surface area contributed by atoms with E-state index >= 15 is 0 Å². The summed E-state index contributed by atoms with van der Waals surface area (Å²) in [4.78, 5) is 26.8. The summed E-state index contributed by atoms with van der Waals surface area (Å²) in [6.45, 7) is 0.774. The van der Waals surface area contributed by atoms with Gasteiger partial charge in [0.25, 0.3) is 11.8 Å². The average Bonchev–Trinajstić information content (AvgIpc) is 3.43. The number of hydrogen-bond donors (Lipinski definition) is 1. The summed E-state index contributed by atoms with van der Waals surface area (Å²) in [6.07, 6.45) is 3.47. The van der Waals surface area contributed by atoms with Crippen molar-refractivity contribution in [1.29, 1.82) is 0 Å². The van der Waals surface area contributed by atoms with Gasteiger partial charge in [-0.1, -0.05) is 0 Å². The standard InChI is InChI=1S/C20H18N2O3S/c23-19(18-4-2-11-25-18)21-16-7-5-14(6-8-16)20(24)22-10-1-3-17(22)15-9-12-26-13-15/h2,4-9,11-13,17H,1,3,10H2,(H,21,23)/t17-/m1/s1. The molecule has 0 radical (unpaired) electrons. The Morgan fingerprint density at radius 1 is 1.15 bits per heavy atom. The number of nitrogens with one attached hydrogen (secondary N) is 1. The molecule has 0 spiro atoms. The molecule has 0 unspecified atom stereocenters. The van der Waals surface area contributed by atoms with Gasteiger partial charge in [0.2, 0.25) is 0 Å². The van der Waals surface area contributed by atoms with E-state index in [2.05, 4.69) is 16.8 Å². The van der Waals surface area contributed by atoms with Crippen LogP contribution in [0, 0.1) is 0 Å². The number of amides is 2. The first-order valence-electron chi connectivity index (χ1n) is 8.50. The number of thiophene rings is 1. The molecule has 0 bridgehead atoms.